The van der Waals surface area contributed by atoms with Crippen molar-refractivity contribution in [3.8, 4) is 5.75 Å². The van der Waals surface area contributed by atoms with Gasteiger partial charge in [-0.1, -0.05) is 54.6 Å². The topological polar surface area (TPSA) is 96.0 Å². The second-order valence-electron chi connectivity index (χ2n) is 9.71. The molecule has 0 bridgehead atoms. The highest BCUT2D eigenvalue weighted by atomic mass is 16.5. The van der Waals surface area contributed by atoms with Crippen molar-refractivity contribution in [3.63, 3.8) is 0 Å². The minimum absolute atomic E-state index is 0.00552. The largest absolute Gasteiger partial charge is 0.497 e. The zero-order valence-corrected chi connectivity index (χ0v) is 22.0. The van der Waals surface area contributed by atoms with Crippen molar-refractivity contribution in [3.05, 3.63) is 77.9 Å². The van der Waals surface area contributed by atoms with Crippen LogP contribution in [0.5, 0.6) is 5.75 Å². The highest BCUT2D eigenvalue weighted by molar-refractivity contribution is 6.05. The van der Waals surface area contributed by atoms with Gasteiger partial charge >= 0.3 is 0 Å². The Morgan fingerprint density at radius 2 is 1.66 bits per heavy atom. The minimum atomic E-state index is -0.771. The zero-order chi connectivity index (χ0) is 27.1. The van der Waals surface area contributed by atoms with E-state index >= 15 is 0 Å². The predicted octanol–water partition coefficient (Wildman–Crippen LogP) is 3.11. The third kappa shape index (κ3) is 6.13. The van der Waals surface area contributed by atoms with Gasteiger partial charge in [0.2, 0.25) is 23.6 Å². The molecule has 1 N–H and O–H groups in total. The monoisotopic (exact) mass is 517 g/mol. The summed E-state index contributed by atoms with van der Waals surface area (Å²) in [6.07, 6.45) is 5.27. The van der Waals surface area contributed by atoms with Gasteiger partial charge in [-0.25, -0.2) is 0 Å². The van der Waals surface area contributed by atoms with Crippen LogP contribution in [0, 0.1) is 11.8 Å². The van der Waals surface area contributed by atoms with Gasteiger partial charge in [-0.2, -0.15) is 0 Å². The molecule has 2 aromatic carbocycles. The van der Waals surface area contributed by atoms with Crippen LogP contribution in [0.25, 0.3) is 0 Å². The van der Waals surface area contributed by atoms with Crippen molar-refractivity contribution in [2.24, 2.45) is 11.8 Å². The average Bonchev–Trinajstić information content (AvgIpc) is 3.19. The van der Waals surface area contributed by atoms with Gasteiger partial charge < -0.3 is 15.0 Å². The number of hydrogen-bond acceptors (Lipinski definition) is 5. The first-order valence-corrected chi connectivity index (χ1v) is 13.2. The van der Waals surface area contributed by atoms with Crippen LogP contribution in [-0.4, -0.2) is 59.7 Å². The number of methoxy groups -OCH3 is 1. The molecular weight excluding hydrogens is 482 g/mol. The highest BCUT2D eigenvalue weighted by Crippen LogP contribution is 2.35. The molecule has 1 heterocycles. The van der Waals surface area contributed by atoms with Gasteiger partial charge in [0.25, 0.3) is 0 Å². The van der Waals surface area contributed by atoms with Crippen molar-refractivity contribution in [1.82, 2.24) is 15.1 Å². The Kier molecular flexibility index (Phi) is 8.94. The number of amides is 4. The van der Waals surface area contributed by atoms with Gasteiger partial charge in [0.15, 0.2) is 0 Å². The lowest BCUT2D eigenvalue weighted by Gasteiger charge is -2.32. The first-order chi connectivity index (χ1) is 18.4. The Morgan fingerprint density at radius 3 is 2.29 bits per heavy atom. The van der Waals surface area contributed by atoms with Gasteiger partial charge in [0, 0.05) is 32.5 Å². The predicted molar refractivity (Wildman–Crippen MR) is 143 cm³/mol. The summed E-state index contributed by atoms with van der Waals surface area (Å²) in [4.78, 5) is 55.7. The van der Waals surface area contributed by atoms with E-state index in [1.165, 1.54) is 4.90 Å². The Morgan fingerprint density at radius 1 is 1.00 bits per heavy atom. The number of ether oxygens (including phenoxy) is 1. The number of rotatable bonds is 11. The number of carbonyl (C=O) groups excluding carboxylic acids is 4. The molecule has 1 saturated heterocycles. The molecule has 0 saturated carbocycles. The van der Waals surface area contributed by atoms with Crippen molar-refractivity contribution in [2.75, 3.05) is 20.2 Å². The van der Waals surface area contributed by atoms with Crippen LogP contribution in [-0.2, 0) is 32.1 Å². The summed E-state index contributed by atoms with van der Waals surface area (Å²) in [5.74, 6) is -0.987. The number of imide groups is 1. The standard InChI is InChI=1S/C30H35N3O5/c1-3-31-28(35)26(19-21-10-5-4-6-11-21)33(20-22-12-9-13-23(18-22)38-2)27(34)16-17-32-29(36)24-14-7-8-15-25(24)30(32)37/h4-13,18,24-26H,3,14-17,19-20H2,1-2H3,(H,31,35)/t24-,25+,26-/m1/s1. The number of carbonyl (C=O) groups is 4. The number of hydrogen-bond donors (Lipinski definition) is 1. The Labute approximate surface area is 223 Å². The van der Waals surface area contributed by atoms with Crippen LogP contribution >= 0.6 is 0 Å². The molecule has 8 heteroatoms. The summed E-state index contributed by atoms with van der Waals surface area (Å²) in [5.41, 5.74) is 1.74. The maximum atomic E-state index is 13.8. The van der Waals surface area contributed by atoms with E-state index in [-0.39, 0.29) is 55.0 Å². The van der Waals surface area contributed by atoms with Gasteiger partial charge in [-0.15, -0.1) is 0 Å². The van der Waals surface area contributed by atoms with E-state index in [1.807, 2.05) is 73.7 Å². The van der Waals surface area contributed by atoms with E-state index in [2.05, 4.69) is 5.32 Å². The minimum Gasteiger partial charge on any atom is -0.497 e. The molecule has 1 aliphatic heterocycles. The third-order valence-corrected chi connectivity index (χ3v) is 7.26. The fourth-order valence-corrected chi connectivity index (χ4v) is 5.25. The zero-order valence-electron chi connectivity index (χ0n) is 22.0. The fraction of sp³-hybridized carbons (Fsp3) is 0.400. The van der Waals surface area contributed by atoms with Crippen molar-refractivity contribution >= 4 is 23.6 Å². The van der Waals surface area contributed by atoms with Gasteiger partial charge in [0.05, 0.1) is 18.9 Å². The van der Waals surface area contributed by atoms with E-state index in [0.29, 0.717) is 31.6 Å². The maximum Gasteiger partial charge on any atom is 0.243 e. The summed E-state index contributed by atoms with van der Waals surface area (Å²) < 4.78 is 5.35. The van der Waals surface area contributed by atoms with Crippen LogP contribution < -0.4 is 10.1 Å². The number of nitrogens with one attached hydrogen (secondary N) is 1. The molecule has 1 aliphatic carbocycles. The molecule has 2 aliphatic rings. The first-order valence-electron chi connectivity index (χ1n) is 13.2. The SMILES string of the molecule is CCNC(=O)[C@@H](Cc1ccccc1)N(Cc1cccc(OC)c1)C(=O)CCN1C(=O)[C@H]2CC=CC[C@H]2C1=O. The van der Waals surface area contributed by atoms with Crippen molar-refractivity contribution in [1.29, 1.82) is 0 Å². The molecule has 8 nitrogen and oxygen atoms in total. The molecule has 0 unspecified atom stereocenters. The molecule has 4 rings (SSSR count). The number of fused-ring (bicyclic) bond motifs is 1. The summed E-state index contributed by atoms with van der Waals surface area (Å²) >= 11 is 0. The molecular formula is C30H35N3O5. The third-order valence-electron chi connectivity index (χ3n) is 7.26. The molecule has 3 atom stereocenters. The lowest BCUT2D eigenvalue weighted by atomic mass is 9.85. The molecule has 0 radical (unpaired) electrons. The van der Waals surface area contributed by atoms with Gasteiger partial charge in [-0.3, -0.25) is 24.1 Å². The summed E-state index contributed by atoms with van der Waals surface area (Å²) in [5, 5.41) is 2.87. The van der Waals surface area contributed by atoms with Crippen molar-refractivity contribution < 1.29 is 23.9 Å². The fourth-order valence-electron chi connectivity index (χ4n) is 5.25. The van der Waals surface area contributed by atoms with E-state index in [1.54, 1.807) is 12.0 Å². The van der Waals surface area contributed by atoms with E-state index < -0.39 is 6.04 Å². The number of nitrogens with zero attached hydrogens (tertiary/aromatic N) is 2. The smallest absolute Gasteiger partial charge is 0.243 e. The molecule has 0 spiro atoms. The Bertz CT molecular complexity index is 1170. The number of likely N-dealkylation sites (tertiary alicyclic amines) is 1. The second-order valence-corrected chi connectivity index (χ2v) is 9.71. The number of likely N-dealkylation sites (N-methyl/N-ethyl adjacent to an activating group) is 1. The molecule has 38 heavy (non-hydrogen) atoms. The highest BCUT2D eigenvalue weighted by Gasteiger charge is 2.47. The molecule has 4 amide bonds. The Hall–Kier alpha value is -3.94. The molecule has 1 fully saturated rings. The van der Waals surface area contributed by atoms with Crippen LogP contribution in [0.15, 0.2) is 66.7 Å². The lowest BCUT2D eigenvalue weighted by Crippen LogP contribution is -2.51. The van der Waals surface area contributed by atoms with Crippen LogP contribution in [0.1, 0.15) is 37.3 Å². The van der Waals surface area contributed by atoms with Crippen LogP contribution in [0.4, 0.5) is 0 Å². The average molecular weight is 518 g/mol. The van der Waals surface area contributed by atoms with E-state index in [4.69, 9.17) is 4.74 Å². The summed E-state index contributed by atoms with van der Waals surface area (Å²) in [6, 6.07) is 16.2. The lowest BCUT2D eigenvalue weighted by molar-refractivity contribution is -0.144. The number of allylic oxidation sites excluding steroid dienone is 2. The second kappa shape index (κ2) is 12.5. The van der Waals surface area contributed by atoms with Crippen molar-refractivity contribution in [2.45, 2.75) is 45.2 Å². The Balaban J connectivity index is 1.58. The maximum absolute atomic E-state index is 13.8. The van der Waals surface area contributed by atoms with E-state index in [0.717, 1.165) is 11.1 Å². The van der Waals surface area contributed by atoms with Gasteiger partial charge in [-0.05, 0) is 43.0 Å². The molecule has 200 valence electrons. The van der Waals surface area contributed by atoms with Gasteiger partial charge in [0.1, 0.15) is 11.8 Å². The van der Waals surface area contributed by atoms with E-state index in [9.17, 15) is 19.2 Å². The molecule has 0 aromatic heterocycles. The van der Waals surface area contributed by atoms with Crippen LogP contribution in [0.2, 0.25) is 0 Å². The summed E-state index contributed by atoms with van der Waals surface area (Å²) in [6.45, 7) is 2.46. The normalized spacial score (nSPS) is 19.2. The first kappa shape index (κ1) is 27.1. The molecule has 2 aromatic rings. The quantitative estimate of drug-likeness (QED) is 0.365. The summed E-state index contributed by atoms with van der Waals surface area (Å²) in [7, 11) is 1.58. The van der Waals surface area contributed by atoms with Crippen LogP contribution in [0.3, 0.4) is 0 Å². The number of benzene rings is 2.